The van der Waals surface area contributed by atoms with Crippen LogP contribution in [-0.4, -0.2) is 50.5 Å². The van der Waals surface area contributed by atoms with Crippen molar-refractivity contribution in [3.05, 3.63) is 63.6 Å². The zero-order chi connectivity index (χ0) is 24.1. The lowest BCUT2D eigenvalue weighted by atomic mass is 10.1. The molecule has 2 aromatic carbocycles. The highest BCUT2D eigenvalue weighted by molar-refractivity contribution is 9.10. The summed E-state index contributed by atoms with van der Waals surface area (Å²) in [7, 11) is -3.74. The fourth-order valence-electron chi connectivity index (χ4n) is 3.42. The van der Waals surface area contributed by atoms with Crippen molar-refractivity contribution in [3.63, 3.8) is 0 Å². The number of aryl methyl sites for hydroxylation is 2. The highest BCUT2D eigenvalue weighted by Gasteiger charge is 2.30. The lowest BCUT2D eigenvalue weighted by molar-refractivity contribution is -0.139. The number of hydrogen-bond donors (Lipinski definition) is 1. The predicted molar refractivity (Wildman–Crippen MR) is 131 cm³/mol. The molecule has 0 aliphatic heterocycles. The second-order valence-electron chi connectivity index (χ2n) is 7.78. The van der Waals surface area contributed by atoms with Crippen LogP contribution in [0.3, 0.4) is 0 Å². The van der Waals surface area contributed by atoms with Crippen LogP contribution in [0.4, 0.5) is 5.69 Å². The Bertz CT molecular complexity index is 1090. The molecule has 0 aromatic heterocycles. The Morgan fingerprint density at radius 3 is 2.38 bits per heavy atom. The minimum atomic E-state index is -3.74. The molecule has 0 saturated carbocycles. The maximum atomic E-state index is 13.4. The molecular formula is C23H30BrN3O4S. The van der Waals surface area contributed by atoms with Gasteiger partial charge in [-0.1, -0.05) is 45.8 Å². The van der Waals surface area contributed by atoms with Gasteiger partial charge in [-0.25, -0.2) is 8.42 Å². The zero-order valence-electron chi connectivity index (χ0n) is 19.1. The number of rotatable bonds is 9. The van der Waals surface area contributed by atoms with E-state index in [1.807, 2.05) is 50.2 Å². The second-order valence-corrected chi connectivity index (χ2v) is 10.6. The van der Waals surface area contributed by atoms with E-state index in [1.54, 1.807) is 19.9 Å². The summed E-state index contributed by atoms with van der Waals surface area (Å²) in [4.78, 5) is 27.4. The molecule has 1 N–H and O–H groups in total. The molecule has 0 spiro atoms. The number of nitrogens with zero attached hydrogens (tertiary/aromatic N) is 2. The third-order valence-corrected chi connectivity index (χ3v) is 6.68. The Labute approximate surface area is 199 Å². The number of sulfonamides is 1. The van der Waals surface area contributed by atoms with Crippen molar-refractivity contribution in [2.24, 2.45) is 0 Å². The Hall–Kier alpha value is -2.39. The number of benzene rings is 2. The highest BCUT2D eigenvalue weighted by Crippen LogP contribution is 2.24. The molecule has 0 heterocycles. The first-order chi connectivity index (χ1) is 14.9. The van der Waals surface area contributed by atoms with Crippen LogP contribution in [0.25, 0.3) is 0 Å². The number of halogens is 1. The fourth-order valence-corrected chi connectivity index (χ4v) is 4.77. The minimum absolute atomic E-state index is 0.168. The standard InChI is InChI=1S/C23H30BrN3O4S/c1-6-25-23(29)18(4)26(14-19-8-7-9-20(24)13-19)22(28)15-27(32(5,30)31)21-11-10-16(2)12-17(21)3/h7-13,18H,6,14-15H2,1-5H3,(H,25,29)/t18-/m1/s1. The summed E-state index contributed by atoms with van der Waals surface area (Å²) in [5, 5.41) is 2.73. The van der Waals surface area contributed by atoms with Gasteiger partial charge in [0.15, 0.2) is 0 Å². The molecular weight excluding hydrogens is 494 g/mol. The molecule has 32 heavy (non-hydrogen) atoms. The van der Waals surface area contributed by atoms with Gasteiger partial charge in [-0.05, 0) is 57.0 Å². The number of nitrogens with one attached hydrogen (secondary N) is 1. The molecule has 7 nitrogen and oxygen atoms in total. The van der Waals surface area contributed by atoms with Crippen LogP contribution in [0.5, 0.6) is 0 Å². The van der Waals surface area contributed by atoms with Crippen molar-refractivity contribution in [3.8, 4) is 0 Å². The first-order valence-corrected chi connectivity index (χ1v) is 12.9. The van der Waals surface area contributed by atoms with Crippen molar-refractivity contribution in [2.45, 2.75) is 40.3 Å². The van der Waals surface area contributed by atoms with E-state index in [2.05, 4.69) is 21.2 Å². The number of amides is 2. The van der Waals surface area contributed by atoms with E-state index in [0.29, 0.717) is 12.2 Å². The number of anilines is 1. The molecule has 2 amide bonds. The van der Waals surface area contributed by atoms with Crippen molar-refractivity contribution in [2.75, 3.05) is 23.7 Å². The van der Waals surface area contributed by atoms with E-state index in [4.69, 9.17) is 0 Å². The molecule has 2 rings (SSSR count). The molecule has 0 radical (unpaired) electrons. The molecule has 174 valence electrons. The monoisotopic (exact) mass is 523 g/mol. The van der Waals surface area contributed by atoms with Gasteiger partial charge in [-0.3, -0.25) is 13.9 Å². The molecule has 0 fully saturated rings. The Balaban J connectivity index is 2.42. The molecule has 2 aromatic rings. The molecule has 0 bridgehead atoms. The quantitative estimate of drug-likeness (QED) is 0.545. The predicted octanol–water partition coefficient (Wildman–Crippen LogP) is 3.39. The van der Waals surface area contributed by atoms with Gasteiger partial charge in [-0.15, -0.1) is 0 Å². The molecule has 0 saturated heterocycles. The van der Waals surface area contributed by atoms with E-state index >= 15 is 0 Å². The van der Waals surface area contributed by atoms with Gasteiger partial charge in [-0.2, -0.15) is 0 Å². The van der Waals surface area contributed by atoms with Crippen LogP contribution in [0.15, 0.2) is 46.9 Å². The smallest absolute Gasteiger partial charge is 0.244 e. The Morgan fingerprint density at radius 2 is 1.81 bits per heavy atom. The number of carbonyl (C=O) groups excluding carboxylic acids is 2. The van der Waals surface area contributed by atoms with Crippen molar-refractivity contribution >= 4 is 43.5 Å². The summed E-state index contributed by atoms with van der Waals surface area (Å²) >= 11 is 3.42. The first-order valence-electron chi connectivity index (χ1n) is 10.3. The normalized spacial score (nSPS) is 12.2. The molecule has 1 atom stereocenters. The molecule has 0 unspecified atom stereocenters. The van der Waals surface area contributed by atoms with E-state index in [9.17, 15) is 18.0 Å². The maximum Gasteiger partial charge on any atom is 0.244 e. The summed E-state index contributed by atoms with van der Waals surface area (Å²) < 4.78 is 27.2. The maximum absolute atomic E-state index is 13.4. The zero-order valence-corrected chi connectivity index (χ0v) is 21.5. The topological polar surface area (TPSA) is 86.8 Å². The van der Waals surface area contributed by atoms with Crippen LogP contribution in [0, 0.1) is 13.8 Å². The summed E-state index contributed by atoms with van der Waals surface area (Å²) in [6, 6.07) is 12.0. The SMILES string of the molecule is CCNC(=O)[C@@H](C)N(Cc1cccc(Br)c1)C(=O)CN(c1ccc(C)cc1C)S(C)(=O)=O. The molecule has 0 aliphatic rings. The number of carbonyl (C=O) groups is 2. The highest BCUT2D eigenvalue weighted by atomic mass is 79.9. The van der Waals surface area contributed by atoms with Crippen molar-refractivity contribution in [1.82, 2.24) is 10.2 Å². The summed E-state index contributed by atoms with van der Waals surface area (Å²) in [6.07, 6.45) is 1.07. The number of likely N-dealkylation sites (N-methyl/N-ethyl adjacent to an activating group) is 1. The van der Waals surface area contributed by atoms with E-state index in [0.717, 1.165) is 31.7 Å². The van der Waals surface area contributed by atoms with Gasteiger partial charge in [0.25, 0.3) is 0 Å². The van der Waals surface area contributed by atoms with Crippen LogP contribution in [0.2, 0.25) is 0 Å². The minimum Gasteiger partial charge on any atom is -0.355 e. The average Bonchev–Trinajstić information content (AvgIpc) is 2.69. The second kappa shape index (κ2) is 11.0. The van der Waals surface area contributed by atoms with Gasteiger partial charge < -0.3 is 10.2 Å². The van der Waals surface area contributed by atoms with Crippen LogP contribution in [-0.2, 0) is 26.2 Å². The van der Waals surface area contributed by atoms with Gasteiger partial charge in [0.05, 0.1) is 11.9 Å². The van der Waals surface area contributed by atoms with Crippen LogP contribution in [0.1, 0.15) is 30.5 Å². The Kier molecular flexibility index (Phi) is 8.86. The van der Waals surface area contributed by atoms with Crippen molar-refractivity contribution < 1.29 is 18.0 Å². The van der Waals surface area contributed by atoms with Crippen LogP contribution >= 0.6 is 15.9 Å². The van der Waals surface area contributed by atoms with E-state index < -0.39 is 28.5 Å². The van der Waals surface area contributed by atoms with Crippen LogP contribution < -0.4 is 9.62 Å². The van der Waals surface area contributed by atoms with Gasteiger partial charge >= 0.3 is 0 Å². The Morgan fingerprint density at radius 1 is 1.12 bits per heavy atom. The van der Waals surface area contributed by atoms with Gasteiger partial charge in [0.2, 0.25) is 21.8 Å². The first kappa shape index (κ1) is 25.9. The van der Waals surface area contributed by atoms with E-state index in [-0.39, 0.29) is 12.5 Å². The lowest BCUT2D eigenvalue weighted by Crippen LogP contribution is -2.51. The van der Waals surface area contributed by atoms with Crippen molar-refractivity contribution in [1.29, 1.82) is 0 Å². The summed E-state index contributed by atoms with van der Waals surface area (Å²) in [5.74, 6) is -0.762. The summed E-state index contributed by atoms with van der Waals surface area (Å²) in [6.45, 7) is 7.36. The van der Waals surface area contributed by atoms with E-state index in [1.165, 1.54) is 4.90 Å². The third-order valence-electron chi connectivity index (χ3n) is 5.06. The summed E-state index contributed by atoms with van der Waals surface area (Å²) in [5.41, 5.74) is 3.01. The van der Waals surface area contributed by atoms with Gasteiger partial charge in [0, 0.05) is 17.6 Å². The average molecular weight is 524 g/mol. The third kappa shape index (κ3) is 6.80. The molecule has 9 heteroatoms. The fraction of sp³-hybridized carbons (Fsp3) is 0.391. The molecule has 0 aliphatic carbocycles. The number of hydrogen-bond acceptors (Lipinski definition) is 4. The largest absolute Gasteiger partial charge is 0.355 e. The van der Waals surface area contributed by atoms with Gasteiger partial charge in [0.1, 0.15) is 12.6 Å². The lowest BCUT2D eigenvalue weighted by Gasteiger charge is -2.32.